The first-order valence-corrected chi connectivity index (χ1v) is 14.4. The Morgan fingerprint density at radius 1 is 0.707 bits per heavy atom. The van der Waals surface area contributed by atoms with Crippen LogP contribution in [0, 0.1) is 6.92 Å². The fraction of sp³-hybridized carbons (Fsp3) is 0.189. The quantitative estimate of drug-likeness (QED) is 0.220. The molecule has 7 aromatic rings. The number of rotatable bonds is 5. The molecule has 4 heteroatoms. The second kappa shape index (κ2) is 9.74. The lowest BCUT2D eigenvalue weighted by atomic mass is 9.88. The van der Waals surface area contributed by atoms with E-state index in [4.69, 9.17) is 14.4 Å². The van der Waals surface area contributed by atoms with Gasteiger partial charge in [0, 0.05) is 17.0 Å². The number of fused-ring (bicyclic) bond motifs is 4. The number of imidazole rings is 1. The Hall–Kier alpha value is -4.70. The monoisotopic (exact) mass is 535 g/mol. The second-order valence-electron chi connectivity index (χ2n) is 11.6. The Kier molecular flexibility index (Phi) is 6.01. The highest BCUT2D eigenvalue weighted by molar-refractivity contribution is 6.09. The van der Waals surface area contributed by atoms with Gasteiger partial charge in [-0.15, -0.1) is 0 Å². The van der Waals surface area contributed by atoms with Crippen molar-refractivity contribution < 1.29 is 4.42 Å². The zero-order valence-electron chi connectivity index (χ0n) is 24.1. The number of benzene rings is 4. The van der Waals surface area contributed by atoms with Gasteiger partial charge in [0.15, 0.2) is 11.5 Å². The van der Waals surface area contributed by atoms with Gasteiger partial charge in [0.05, 0.1) is 11.3 Å². The topological polar surface area (TPSA) is 43.9 Å². The highest BCUT2D eigenvalue weighted by atomic mass is 16.3. The molecule has 0 aliphatic carbocycles. The molecule has 41 heavy (non-hydrogen) atoms. The fourth-order valence-electron chi connectivity index (χ4n) is 6.00. The van der Waals surface area contributed by atoms with Gasteiger partial charge in [-0.1, -0.05) is 88.4 Å². The van der Waals surface area contributed by atoms with Crippen molar-refractivity contribution in [2.24, 2.45) is 0 Å². The Morgan fingerprint density at radius 3 is 2.12 bits per heavy atom. The van der Waals surface area contributed by atoms with Crippen LogP contribution < -0.4 is 0 Å². The average Bonchev–Trinajstić information content (AvgIpc) is 3.55. The molecule has 202 valence electrons. The minimum absolute atomic E-state index is 0.281. The summed E-state index contributed by atoms with van der Waals surface area (Å²) in [5.74, 6) is 1.41. The summed E-state index contributed by atoms with van der Waals surface area (Å²) in [5, 5.41) is 2.20. The molecule has 0 N–H and O–H groups in total. The van der Waals surface area contributed by atoms with Crippen molar-refractivity contribution in [1.82, 2.24) is 14.5 Å². The average molecular weight is 536 g/mol. The standard InChI is InChI=1S/C37H33N3O/c1-22(2)30-19-26(25-12-7-6-8-13-25)20-31(23(3)4)34(30)40-36(39-32-18-24(5)21-38-37(32)40)29-16-11-15-28-27-14-9-10-17-33(27)41-35(28)29/h6-23H,1-5H3. The molecule has 4 aromatic carbocycles. The van der Waals surface area contributed by atoms with Crippen molar-refractivity contribution in [3.63, 3.8) is 0 Å². The van der Waals surface area contributed by atoms with Crippen molar-refractivity contribution >= 4 is 33.1 Å². The molecule has 0 unspecified atom stereocenters. The first kappa shape index (κ1) is 25.3. The van der Waals surface area contributed by atoms with Crippen molar-refractivity contribution in [3.8, 4) is 28.2 Å². The summed E-state index contributed by atoms with van der Waals surface area (Å²) in [7, 11) is 0. The molecule has 0 fully saturated rings. The number of hydrogen-bond donors (Lipinski definition) is 0. The van der Waals surface area contributed by atoms with E-state index in [1.54, 1.807) is 0 Å². The van der Waals surface area contributed by atoms with Crippen molar-refractivity contribution in [2.75, 3.05) is 0 Å². The van der Waals surface area contributed by atoms with Gasteiger partial charge >= 0.3 is 0 Å². The fourth-order valence-corrected chi connectivity index (χ4v) is 6.00. The van der Waals surface area contributed by atoms with E-state index >= 15 is 0 Å². The molecule has 0 atom stereocenters. The lowest BCUT2D eigenvalue weighted by Gasteiger charge is -2.24. The third-order valence-corrected chi connectivity index (χ3v) is 8.02. The molecule has 7 rings (SSSR count). The smallest absolute Gasteiger partial charge is 0.164 e. The van der Waals surface area contributed by atoms with Crippen LogP contribution in [-0.2, 0) is 0 Å². The van der Waals surface area contributed by atoms with E-state index < -0.39 is 0 Å². The van der Waals surface area contributed by atoms with Crippen LogP contribution in [0.3, 0.4) is 0 Å². The first-order chi connectivity index (χ1) is 19.9. The molecule has 0 radical (unpaired) electrons. The van der Waals surface area contributed by atoms with Crippen molar-refractivity contribution in [3.05, 3.63) is 114 Å². The number of aromatic nitrogens is 3. The SMILES string of the molecule is Cc1cnc2c(c1)nc(-c1cccc3c1oc1ccccc13)n2-c1c(C(C)C)cc(-c2ccccc2)cc1C(C)C. The summed E-state index contributed by atoms with van der Waals surface area (Å²) in [5.41, 5.74) is 11.7. The van der Waals surface area contributed by atoms with Crippen LogP contribution in [0.15, 0.2) is 102 Å². The van der Waals surface area contributed by atoms with E-state index in [1.807, 2.05) is 18.3 Å². The number of furan rings is 1. The Balaban J connectivity index is 1.61. The summed E-state index contributed by atoms with van der Waals surface area (Å²) in [4.78, 5) is 10.2. The molecular weight excluding hydrogens is 502 g/mol. The Bertz CT molecular complexity index is 2030. The molecule has 0 saturated carbocycles. The molecule has 3 aromatic heterocycles. The normalized spacial score (nSPS) is 12.0. The van der Waals surface area contributed by atoms with Gasteiger partial charge in [0.1, 0.15) is 16.7 Å². The van der Waals surface area contributed by atoms with E-state index in [2.05, 4.69) is 118 Å². The number of para-hydroxylation sites is 2. The Morgan fingerprint density at radius 2 is 1.39 bits per heavy atom. The predicted octanol–water partition coefficient (Wildman–Crippen LogP) is 10.2. The van der Waals surface area contributed by atoms with E-state index in [0.717, 1.165) is 55.7 Å². The van der Waals surface area contributed by atoms with E-state index in [-0.39, 0.29) is 11.8 Å². The van der Waals surface area contributed by atoms with Crippen LogP contribution in [0.5, 0.6) is 0 Å². The van der Waals surface area contributed by atoms with Gasteiger partial charge in [-0.05, 0) is 76.9 Å². The van der Waals surface area contributed by atoms with Gasteiger partial charge in [-0.25, -0.2) is 9.97 Å². The molecule has 0 bridgehead atoms. The van der Waals surface area contributed by atoms with E-state index in [9.17, 15) is 0 Å². The van der Waals surface area contributed by atoms with Gasteiger partial charge < -0.3 is 4.42 Å². The molecular formula is C37H33N3O. The van der Waals surface area contributed by atoms with Gasteiger partial charge in [-0.3, -0.25) is 4.57 Å². The Labute approximate surface area is 240 Å². The molecule has 3 heterocycles. The first-order valence-electron chi connectivity index (χ1n) is 14.4. The molecule has 0 amide bonds. The van der Waals surface area contributed by atoms with Gasteiger partial charge in [0.25, 0.3) is 0 Å². The number of nitrogens with zero attached hydrogens (tertiary/aromatic N) is 3. The minimum atomic E-state index is 0.281. The van der Waals surface area contributed by atoms with E-state index in [1.165, 1.54) is 22.3 Å². The third kappa shape index (κ3) is 4.13. The molecule has 4 nitrogen and oxygen atoms in total. The molecule has 0 spiro atoms. The molecule has 0 aliphatic rings. The molecule has 0 saturated heterocycles. The van der Waals surface area contributed by atoms with Crippen LogP contribution in [0.4, 0.5) is 0 Å². The van der Waals surface area contributed by atoms with Crippen LogP contribution >= 0.6 is 0 Å². The second-order valence-corrected chi connectivity index (χ2v) is 11.6. The summed E-state index contributed by atoms with van der Waals surface area (Å²) < 4.78 is 8.80. The zero-order chi connectivity index (χ0) is 28.2. The van der Waals surface area contributed by atoms with Crippen LogP contribution in [0.25, 0.3) is 61.3 Å². The van der Waals surface area contributed by atoms with E-state index in [0.29, 0.717) is 0 Å². The predicted molar refractivity (Wildman–Crippen MR) is 170 cm³/mol. The highest BCUT2D eigenvalue weighted by Gasteiger charge is 2.26. The molecule has 0 aliphatic heterocycles. The summed E-state index contributed by atoms with van der Waals surface area (Å²) in [6, 6.07) is 32.1. The minimum Gasteiger partial charge on any atom is -0.455 e. The number of aryl methyl sites for hydroxylation is 1. The number of hydrogen-bond acceptors (Lipinski definition) is 3. The largest absolute Gasteiger partial charge is 0.455 e. The zero-order valence-corrected chi connectivity index (χ0v) is 24.1. The highest BCUT2D eigenvalue weighted by Crippen LogP contribution is 2.42. The maximum absolute atomic E-state index is 6.51. The van der Waals surface area contributed by atoms with Crippen molar-refractivity contribution in [2.45, 2.75) is 46.5 Å². The summed E-state index contributed by atoms with van der Waals surface area (Å²) in [6.07, 6.45) is 1.94. The van der Waals surface area contributed by atoms with Crippen LogP contribution in [0.1, 0.15) is 56.2 Å². The van der Waals surface area contributed by atoms with Crippen LogP contribution in [0.2, 0.25) is 0 Å². The van der Waals surface area contributed by atoms with Crippen molar-refractivity contribution in [1.29, 1.82) is 0 Å². The summed E-state index contributed by atoms with van der Waals surface area (Å²) in [6.45, 7) is 11.2. The third-order valence-electron chi connectivity index (χ3n) is 8.02. The maximum Gasteiger partial charge on any atom is 0.164 e. The van der Waals surface area contributed by atoms with Crippen LogP contribution in [-0.4, -0.2) is 14.5 Å². The summed E-state index contributed by atoms with van der Waals surface area (Å²) >= 11 is 0. The number of pyridine rings is 1. The maximum atomic E-state index is 6.51. The lowest BCUT2D eigenvalue weighted by molar-refractivity contribution is 0.669. The van der Waals surface area contributed by atoms with Gasteiger partial charge in [0.2, 0.25) is 0 Å². The van der Waals surface area contributed by atoms with Gasteiger partial charge in [-0.2, -0.15) is 0 Å². The lowest BCUT2D eigenvalue weighted by Crippen LogP contribution is -2.10.